The van der Waals surface area contributed by atoms with Gasteiger partial charge in [-0.15, -0.1) is 0 Å². The van der Waals surface area contributed by atoms with E-state index in [-0.39, 0.29) is 12.0 Å². The van der Waals surface area contributed by atoms with Gasteiger partial charge in [0.1, 0.15) is 0 Å². The second-order valence-electron chi connectivity index (χ2n) is 8.62. The Morgan fingerprint density at radius 3 is 2.85 bits per heavy atom. The molecule has 2 N–H and O–H groups in total. The van der Waals surface area contributed by atoms with Crippen LogP contribution in [-0.2, 0) is 9.53 Å². The topological polar surface area (TPSA) is 50.4 Å². The number of rotatable bonds is 5. The molecule has 2 aliphatic heterocycles. The summed E-state index contributed by atoms with van der Waals surface area (Å²) >= 11 is 0. The van der Waals surface area contributed by atoms with E-state index in [2.05, 4.69) is 29.7 Å². The van der Waals surface area contributed by atoms with Crippen molar-refractivity contribution >= 4 is 17.3 Å². The highest BCUT2D eigenvalue weighted by Crippen LogP contribution is 2.48. The van der Waals surface area contributed by atoms with Crippen molar-refractivity contribution in [3.05, 3.63) is 23.8 Å². The highest BCUT2D eigenvalue weighted by Gasteiger charge is 2.42. The van der Waals surface area contributed by atoms with Crippen molar-refractivity contribution in [1.29, 1.82) is 0 Å². The van der Waals surface area contributed by atoms with Gasteiger partial charge in [0, 0.05) is 41.9 Å². The molecule has 1 aliphatic carbocycles. The molecule has 1 saturated heterocycles. The first-order chi connectivity index (χ1) is 13.3. The van der Waals surface area contributed by atoms with Gasteiger partial charge in [0.05, 0.1) is 6.10 Å². The van der Waals surface area contributed by atoms with Crippen molar-refractivity contribution in [3.8, 4) is 0 Å². The van der Waals surface area contributed by atoms with Crippen molar-refractivity contribution in [1.82, 2.24) is 0 Å². The molecule has 1 aromatic rings. The lowest BCUT2D eigenvalue weighted by Crippen LogP contribution is -2.46. The predicted octanol–water partition coefficient (Wildman–Crippen LogP) is 5.66. The van der Waals surface area contributed by atoms with Crippen LogP contribution in [0.1, 0.15) is 82.8 Å². The number of hydrogen-bond acceptors (Lipinski definition) is 3. The Labute approximate surface area is 163 Å². The molecule has 2 heterocycles. The maximum absolute atomic E-state index is 12.1. The molecule has 3 aliphatic rings. The highest BCUT2D eigenvalue weighted by atomic mass is 16.5. The molecule has 0 bridgehead atoms. The quantitative estimate of drug-likeness (QED) is 0.703. The summed E-state index contributed by atoms with van der Waals surface area (Å²) in [4.78, 5) is 12.1. The van der Waals surface area contributed by atoms with E-state index in [9.17, 15) is 4.79 Å². The summed E-state index contributed by atoms with van der Waals surface area (Å²) in [5, 5.41) is 6.96. The summed E-state index contributed by atoms with van der Waals surface area (Å²) in [6.45, 7) is 2.96. The minimum absolute atomic E-state index is 0.113. The summed E-state index contributed by atoms with van der Waals surface area (Å²) in [7, 11) is 0. The molecule has 0 radical (unpaired) electrons. The Hall–Kier alpha value is -1.55. The van der Waals surface area contributed by atoms with Gasteiger partial charge in [-0.3, -0.25) is 4.79 Å². The summed E-state index contributed by atoms with van der Waals surface area (Å²) in [5.74, 6) is 1.44. The van der Waals surface area contributed by atoms with E-state index >= 15 is 0 Å². The van der Waals surface area contributed by atoms with Crippen LogP contribution in [0.3, 0.4) is 0 Å². The van der Waals surface area contributed by atoms with E-state index < -0.39 is 0 Å². The van der Waals surface area contributed by atoms with Crippen molar-refractivity contribution in [2.24, 2.45) is 11.8 Å². The lowest BCUT2D eigenvalue weighted by Gasteiger charge is -2.47. The zero-order chi connectivity index (χ0) is 18.6. The average molecular weight is 371 g/mol. The number of unbranched alkanes of at least 4 members (excludes halogenated alkanes) is 1. The summed E-state index contributed by atoms with van der Waals surface area (Å²) in [6.07, 6.45) is 12.0. The smallest absolute Gasteiger partial charge is 0.224 e. The third-order valence-corrected chi connectivity index (χ3v) is 6.71. The predicted molar refractivity (Wildman–Crippen MR) is 110 cm³/mol. The van der Waals surface area contributed by atoms with Crippen LogP contribution in [0.15, 0.2) is 18.2 Å². The molecular weight excluding hydrogens is 336 g/mol. The average Bonchev–Trinajstić information content (AvgIpc) is 2.72. The fraction of sp³-hybridized carbons (Fsp3) is 0.696. The zero-order valence-electron chi connectivity index (χ0n) is 16.6. The monoisotopic (exact) mass is 370 g/mol. The second kappa shape index (κ2) is 8.64. The van der Waals surface area contributed by atoms with Gasteiger partial charge in [-0.25, -0.2) is 0 Å². The number of fused-ring (bicyclic) bond motifs is 3. The van der Waals surface area contributed by atoms with Gasteiger partial charge in [0.2, 0.25) is 5.91 Å². The molecule has 1 amide bonds. The number of amides is 1. The van der Waals surface area contributed by atoms with Gasteiger partial charge >= 0.3 is 0 Å². The van der Waals surface area contributed by atoms with Gasteiger partial charge in [-0.1, -0.05) is 32.6 Å². The van der Waals surface area contributed by atoms with Gasteiger partial charge in [-0.2, -0.15) is 0 Å². The molecule has 148 valence electrons. The summed E-state index contributed by atoms with van der Waals surface area (Å²) < 4.78 is 6.30. The molecule has 0 aromatic heterocycles. The summed E-state index contributed by atoms with van der Waals surface area (Å²) in [6, 6.07) is 6.87. The van der Waals surface area contributed by atoms with Crippen LogP contribution >= 0.6 is 0 Å². The van der Waals surface area contributed by atoms with E-state index in [1.54, 1.807) is 0 Å². The Morgan fingerprint density at radius 2 is 2.04 bits per heavy atom. The molecule has 0 spiro atoms. The van der Waals surface area contributed by atoms with Gasteiger partial charge in [-0.05, 0) is 56.2 Å². The first-order valence-corrected chi connectivity index (χ1v) is 11.1. The van der Waals surface area contributed by atoms with Crippen LogP contribution in [0.4, 0.5) is 11.4 Å². The third-order valence-electron chi connectivity index (χ3n) is 6.71. The largest absolute Gasteiger partial charge is 0.381 e. The SMILES string of the molecule is CCCCC(=O)Nc1ccc2c(c1)[C@H]1OCCC[C@H]1[C@H](C1CCCCC1)N2. The van der Waals surface area contributed by atoms with Crippen LogP contribution < -0.4 is 10.6 Å². The number of carbonyl (C=O) groups is 1. The maximum atomic E-state index is 12.1. The summed E-state index contributed by atoms with van der Waals surface area (Å²) in [5.41, 5.74) is 3.35. The van der Waals surface area contributed by atoms with Crippen molar-refractivity contribution in [3.63, 3.8) is 0 Å². The van der Waals surface area contributed by atoms with Gasteiger partial charge in [0.15, 0.2) is 0 Å². The first kappa shape index (κ1) is 18.8. The van der Waals surface area contributed by atoms with Crippen LogP contribution in [-0.4, -0.2) is 18.6 Å². The molecule has 4 heteroatoms. The minimum atomic E-state index is 0.113. The van der Waals surface area contributed by atoms with Gasteiger partial charge < -0.3 is 15.4 Å². The number of benzene rings is 1. The fourth-order valence-electron chi connectivity index (χ4n) is 5.31. The number of nitrogens with one attached hydrogen (secondary N) is 2. The standard InChI is InChI=1S/C23H34N2O2/c1-2-3-11-21(26)24-17-12-13-20-19(15-17)23-18(10-7-14-27-23)22(25-20)16-8-5-4-6-9-16/h12-13,15-16,18,22-23,25H,2-11,14H2,1H3,(H,24,26)/t18-,22-,23-/m0/s1. The second-order valence-corrected chi connectivity index (χ2v) is 8.62. The molecule has 0 unspecified atom stereocenters. The van der Waals surface area contributed by atoms with E-state index in [0.29, 0.717) is 18.4 Å². The normalized spacial score (nSPS) is 28.0. The molecule has 3 atom stereocenters. The van der Waals surface area contributed by atoms with E-state index in [4.69, 9.17) is 4.74 Å². The number of hydrogen-bond donors (Lipinski definition) is 2. The molecule has 2 fully saturated rings. The molecule has 4 rings (SSSR count). The Balaban J connectivity index is 1.55. The van der Waals surface area contributed by atoms with Crippen molar-refractivity contribution in [2.75, 3.05) is 17.2 Å². The molecule has 27 heavy (non-hydrogen) atoms. The Kier molecular flexibility index (Phi) is 6.01. The lowest BCUT2D eigenvalue weighted by molar-refractivity contribution is -0.116. The van der Waals surface area contributed by atoms with Crippen molar-refractivity contribution in [2.45, 2.75) is 83.3 Å². The third kappa shape index (κ3) is 4.16. The molecule has 1 saturated carbocycles. The Bertz CT molecular complexity index is 654. The van der Waals surface area contributed by atoms with Crippen molar-refractivity contribution < 1.29 is 9.53 Å². The first-order valence-electron chi connectivity index (χ1n) is 11.1. The van der Waals surface area contributed by atoms with E-state index in [0.717, 1.165) is 37.5 Å². The number of carbonyl (C=O) groups excluding carboxylic acids is 1. The highest BCUT2D eigenvalue weighted by molar-refractivity contribution is 5.91. The van der Waals surface area contributed by atoms with Crippen LogP contribution in [0.5, 0.6) is 0 Å². The van der Waals surface area contributed by atoms with Crippen LogP contribution in [0.2, 0.25) is 0 Å². The number of anilines is 2. The fourth-order valence-corrected chi connectivity index (χ4v) is 5.31. The van der Waals surface area contributed by atoms with Crippen LogP contribution in [0.25, 0.3) is 0 Å². The Morgan fingerprint density at radius 1 is 1.19 bits per heavy atom. The molecule has 4 nitrogen and oxygen atoms in total. The maximum Gasteiger partial charge on any atom is 0.224 e. The zero-order valence-corrected chi connectivity index (χ0v) is 16.6. The van der Waals surface area contributed by atoms with E-state index in [1.807, 2.05) is 6.07 Å². The minimum Gasteiger partial charge on any atom is -0.381 e. The lowest BCUT2D eigenvalue weighted by atomic mass is 9.71. The van der Waals surface area contributed by atoms with Gasteiger partial charge in [0.25, 0.3) is 0 Å². The van der Waals surface area contributed by atoms with Crippen LogP contribution in [0, 0.1) is 11.8 Å². The molecular formula is C23H34N2O2. The van der Waals surface area contributed by atoms with E-state index in [1.165, 1.54) is 49.8 Å². The number of ether oxygens (including phenoxy) is 1. The molecule has 1 aromatic carbocycles.